The Kier molecular flexibility index (Phi) is 6.28. The Morgan fingerprint density at radius 2 is 1.90 bits per heavy atom. The number of carbonyl (C=O) groups excluding carboxylic acids is 1. The molecule has 1 amide bonds. The largest absolute Gasteiger partial charge is 0.496 e. The number of ether oxygens (including phenoxy) is 1. The van der Waals surface area contributed by atoms with Crippen molar-refractivity contribution in [3.63, 3.8) is 0 Å². The third kappa shape index (κ3) is 4.62. The van der Waals surface area contributed by atoms with Crippen molar-refractivity contribution in [2.45, 2.75) is 13.0 Å². The number of nitrogens with zero attached hydrogens (tertiary/aromatic N) is 3. The van der Waals surface area contributed by atoms with Crippen molar-refractivity contribution in [1.82, 2.24) is 4.90 Å². The van der Waals surface area contributed by atoms with E-state index in [-0.39, 0.29) is 23.1 Å². The van der Waals surface area contributed by atoms with Crippen molar-refractivity contribution < 1.29 is 18.8 Å². The molecule has 1 fully saturated rings. The molecule has 0 bridgehead atoms. The van der Waals surface area contributed by atoms with Crippen LogP contribution in [0.4, 0.5) is 21.5 Å². The second-order valence-electron chi connectivity index (χ2n) is 6.78. The Labute approximate surface area is 168 Å². The summed E-state index contributed by atoms with van der Waals surface area (Å²) in [6.07, 6.45) is 0. The van der Waals surface area contributed by atoms with Gasteiger partial charge in [0.05, 0.1) is 29.8 Å². The van der Waals surface area contributed by atoms with E-state index in [1.165, 1.54) is 25.3 Å². The lowest BCUT2D eigenvalue weighted by Gasteiger charge is -2.38. The summed E-state index contributed by atoms with van der Waals surface area (Å²) >= 11 is 0. The summed E-state index contributed by atoms with van der Waals surface area (Å²) in [6.45, 7) is 4.08. The van der Waals surface area contributed by atoms with Crippen LogP contribution in [0.15, 0.2) is 42.5 Å². The normalized spacial score (nSPS) is 15.6. The number of benzene rings is 2. The van der Waals surface area contributed by atoms with Crippen LogP contribution in [0.2, 0.25) is 0 Å². The molecule has 8 nitrogen and oxygen atoms in total. The Morgan fingerprint density at radius 3 is 2.52 bits per heavy atom. The van der Waals surface area contributed by atoms with Gasteiger partial charge in [0.15, 0.2) is 0 Å². The number of para-hydroxylation sites is 1. The van der Waals surface area contributed by atoms with E-state index < -0.39 is 11.0 Å². The molecule has 9 heteroatoms. The highest BCUT2D eigenvalue weighted by molar-refractivity contribution is 5.96. The third-order valence-corrected chi connectivity index (χ3v) is 5.09. The van der Waals surface area contributed by atoms with E-state index in [9.17, 15) is 19.3 Å². The van der Waals surface area contributed by atoms with Gasteiger partial charge in [0.1, 0.15) is 17.3 Å². The van der Waals surface area contributed by atoms with Gasteiger partial charge in [-0.25, -0.2) is 4.39 Å². The molecule has 1 saturated heterocycles. The van der Waals surface area contributed by atoms with E-state index in [0.717, 1.165) is 0 Å². The molecule has 1 aliphatic heterocycles. The van der Waals surface area contributed by atoms with Gasteiger partial charge in [0, 0.05) is 26.2 Å². The SMILES string of the molecule is COc1ccc(NC(=O)C(C)N2CCN(c3ccccc3F)CC2)c([N+](=O)[O-])c1. The summed E-state index contributed by atoms with van der Waals surface area (Å²) in [6, 6.07) is 10.4. The number of amides is 1. The van der Waals surface area contributed by atoms with E-state index in [0.29, 0.717) is 37.6 Å². The Hall–Kier alpha value is -3.20. The number of nitro groups is 1. The number of methoxy groups -OCH3 is 1. The van der Waals surface area contributed by atoms with Crippen LogP contribution in [0.1, 0.15) is 6.92 Å². The van der Waals surface area contributed by atoms with Gasteiger partial charge in [-0.2, -0.15) is 0 Å². The minimum atomic E-state index is -0.560. The molecule has 0 saturated carbocycles. The van der Waals surface area contributed by atoms with Gasteiger partial charge in [0.25, 0.3) is 5.69 Å². The summed E-state index contributed by atoms with van der Waals surface area (Å²) in [7, 11) is 1.42. The van der Waals surface area contributed by atoms with Gasteiger partial charge < -0.3 is 15.0 Å². The van der Waals surface area contributed by atoms with Crippen molar-refractivity contribution in [2.24, 2.45) is 0 Å². The third-order valence-electron chi connectivity index (χ3n) is 5.09. The molecule has 0 spiro atoms. The van der Waals surface area contributed by atoms with E-state index >= 15 is 0 Å². The number of nitro benzene ring substituents is 1. The predicted octanol–water partition coefficient (Wildman–Crippen LogP) is 2.89. The van der Waals surface area contributed by atoms with Crippen molar-refractivity contribution in [3.8, 4) is 5.75 Å². The average Bonchev–Trinajstić information content (AvgIpc) is 2.73. The molecule has 0 radical (unpaired) electrons. The molecule has 1 aliphatic rings. The summed E-state index contributed by atoms with van der Waals surface area (Å²) in [5, 5.41) is 13.9. The summed E-state index contributed by atoms with van der Waals surface area (Å²) in [4.78, 5) is 27.3. The van der Waals surface area contributed by atoms with Crippen molar-refractivity contribution in [2.75, 3.05) is 43.5 Å². The Bertz CT molecular complexity index is 900. The first kappa shape index (κ1) is 20.5. The zero-order valence-corrected chi connectivity index (χ0v) is 16.3. The Morgan fingerprint density at radius 1 is 1.21 bits per heavy atom. The summed E-state index contributed by atoms with van der Waals surface area (Å²) in [5.74, 6) is -0.261. The lowest BCUT2D eigenvalue weighted by atomic mass is 10.1. The molecule has 29 heavy (non-hydrogen) atoms. The van der Waals surface area contributed by atoms with E-state index in [2.05, 4.69) is 5.32 Å². The van der Waals surface area contributed by atoms with E-state index in [1.807, 2.05) is 9.80 Å². The molecule has 2 aromatic carbocycles. The molecule has 0 aliphatic carbocycles. The minimum Gasteiger partial charge on any atom is -0.496 e. The highest BCUT2D eigenvalue weighted by Crippen LogP contribution is 2.29. The van der Waals surface area contributed by atoms with Gasteiger partial charge in [-0.05, 0) is 31.2 Å². The van der Waals surface area contributed by atoms with Crippen LogP contribution in [-0.4, -0.2) is 55.1 Å². The van der Waals surface area contributed by atoms with Gasteiger partial charge in [0.2, 0.25) is 5.91 Å². The monoisotopic (exact) mass is 402 g/mol. The minimum absolute atomic E-state index is 0.123. The molecule has 3 rings (SSSR count). The molecule has 1 heterocycles. The first-order valence-corrected chi connectivity index (χ1v) is 9.27. The van der Waals surface area contributed by atoms with Crippen LogP contribution in [0, 0.1) is 15.9 Å². The van der Waals surface area contributed by atoms with Crippen LogP contribution >= 0.6 is 0 Å². The number of anilines is 2. The number of piperazine rings is 1. The fraction of sp³-hybridized carbons (Fsp3) is 0.350. The van der Waals surface area contributed by atoms with E-state index in [1.54, 1.807) is 31.2 Å². The lowest BCUT2D eigenvalue weighted by molar-refractivity contribution is -0.384. The molecule has 1 atom stereocenters. The van der Waals surface area contributed by atoms with Gasteiger partial charge >= 0.3 is 0 Å². The quantitative estimate of drug-likeness (QED) is 0.591. The molecule has 154 valence electrons. The topological polar surface area (TPSA) is 88.0 Å². The van der Waals surface area contributed by atoms with Crippen LogP contribution in [-0.2, 0) is 4.79 Å². The Balaban J connectivity index is 1.63. The number of rotatable bonds is 6. The molecule has 1 unspecified atom stereocenters. The summed E-state index contributed by atoms with van der Waals surface area (Å²) in [5.41, 5.74) is 0.449. The number of nitrogens with one attached hydrogen (secondary N) is 1. The first-order chi connectivity index (χ1) is 13.9. The van der Waals surface area contributed by atoms with Gasteiger partial charge in [-0.3, -0.25) is 19.8 Å². The van der Waals surface area contributed by atoms with Gasteiger partial charge in [-0.1, -0.05) is 12.1 Å². The second kappa shape index (κ2) is 8.87. The van der Waals surface area contributed by atoms with Crippen LogP contribution in [0.3, 0.4) is 0 Å². The fourth-order valence-corrected chi connectivity index (χ4v) is 3.36. The zero-order valence-electron chi connectivity index (χ0n) is 16.3. The van der Waals surface area contributed by atoms with Crippen LogP contribution in [0.25, 0.3) is 0 Å². The number of carbonyl (C=O) groups is 1. The predicted molar refractivity (Wildman–Crippen MR) is 108 cm³/mol. The first-order valence-electron chi connectivity index (χ1n) is 9.27. The molecule has 1 N–H and O–H groups in total. The molecular formula is C20H23FN4O4. The maximum Gasteiger partial charge on any atom is 0.296 e. The maximum atomic E-state index is 14.0. The lowest BCUT2D eigenvalue weighted by Crippen LogP contribution is -2.53. The number of hydrogen-bond acceptors (Lipinski definition) is 6. The number of hydrogen-bond donors (Lipinski definition) is 1. The molecular weight excluding hydrogens is 379 g/mol. The number of halogens is 1. The fourth-order valence-electron chi connectivity index (χ4n) is 3.36. The smallest absolute Gasteiger partial charge is 0.296 e. The highest BCUT2D eigenvalue weighted by atomic mass is 19.1. The van der Waals surface area contributed by atoms with Crippen molar-refractivity contribution in [3.05, 3.63) is 58.4 Å². The van der Waals surface area contributed by atoms with Crippen LogP contribution < -0.4 is 15.0 Å². The van der Waals surface area contributed by atoms with Gasteiger partial charge in [-0.15, -0.1) is 0 Å². The van der Waals surface area contributed by atoms with Crippen LogP contribution in [0.5, 0.6) is 5.75 Å². The average molecular weight is 402 g/mol. The second-order valence-corrected chi connectivity index (χ2v) is 6.78. The standard InChI is InChI=1S/C20H23FN4O4/c1-14(20(26)22-17-8-7-15(29-2)13-19(17)25(27)28)23-9-11-24(12-10-23)18-6-4-3-5-16(18)21/h3-8,13-14H,9-12H2,1-2H3,(H,22,26). The molecule has 0 aromatic heterocycles. The zero-order chi connectivity index (χ0) is 21.0. The van der Waals surface area contributed by atoms with E-state index in [4.69, 9.17) is 4.74 Å². The highest BCUT2D eigenvalue weighted by Gasteiger charge is 2.28. The molecule has 2 aromatic rings. The van der Waals surface area contributed by atoms with Crippen molar-refractivity contribution in [1.29, 1.82) is 0 Å². The summed E-state index contributed by atoms with van der Waals surface area (Å²) < 4.78 is 19.0. The maximum absolute atomic E-state index is 14.0. The van der Waals surface area contributed by atoms with Crippen molar-refractivity contribution >= 4 is 23.0 Å².